The van der Waals surface area contributed by atoms with Crippen LogP contribution in [-0.2, 0) is 7.05 Å². The van der Waals surface area contributed by atoms with Crippen molar-refractivity contribution in [2.24, 2.45) is 18.7 Å². The topological polar surface area (TPSA) is 55.9 Å². The molecule has 1 fully saturated rings. The molecule has 3 N–H and O–H groups in total. The van der Waals surface area contributed by atoms with Gasteiger partial charge in [0.05, 0.1) is 11.3 Å². The molecule has 2 rings (SSSR count). The molecule has 0 amide bonds. The molecular weight excluding hydrogens is 268 g/mol. The highest BCUT2D eigenvalue weighted by atomic mass is 32.1. The van der Waals surface area contributed by atoms with Crippen LogP contribution >= 0.6 is 12.2 Å². The number of aryl methyl sites for hydroxylation is 2. The SMILES string of the molecule is CCC(Nc1c(C(N)=S)c(C)nn1C)C1CCCCC1. The molecule has 1 aromatic rings. The molecule has 1 atom stereocenters. The van der Waals surface area contributed by atoms with Crippen molar-refractivity contribution in [1.82, 2.24) is 9.78 Å². The smallest absolute Gasteiger partial charge is 0.134 e. The van der Waals surface area contributed by atoms with Crippen LogP contribution in [0.2, 0.25) is 0 Å². The molecule has 1 aliphatic carbocycles. The molecule has 1 saturated carbocycles. The van der Waals surface area contributed by atoms with Crippen LogP contribution in [0.3, 0.4) is 0 Å². The Bertz CT molecular complexity index is 474. The van der Waals surface area contributed by atoms with E-state index in [9.17, 15) is 0 Å². The zero-order valence-electron chi connectivity index (χ0n) is 12.8. The third-order valence-electron chi connectivity index (χ3n) is 4.45. The highest BCUT2D eigenvalue weighted by Crippen LogP contribution is 2.30. The molecule has 20 heavy (non-hydrogen) atoms. The summed E-state index contributed by atoms with van der Waals surface area (Å²) in [5, 5.41) is 8.12. The predicted molar refractivity (Wildman–Crippen MR) is 88.1 cm³/mol. The van der Waals surface area contributed by atoms with Crippen molar-refractivity contribution < 1.29 is 0 Å². The second kappa shape index (κ2) is 6.57. The van der Waals surface area contributed by atoms with Gasteiger partial charge in [-0.2, -0.15) is 5.10 Å². The molecular formula is C15H26N4S. The summed E-state index contributed by atoms with van der Waals surface area (Å²) in [6.07, 6.45) is 7.86. The molecule has 0 bridgehead atoms. The van der Waals surface area contributed by atoms with Gasteiger partial charge in [-0.1, -0.05) is 38.4 Å². The standard InChI is InChI=1S/C15H26N4S/c1-4-12(11-8-6-5-7-9-11)17-15-13(14(16)20)10(2)18-19(15)3/h11-12,17H,4-9H2,1-3H3,(H2,16,20). The summed E-state index contributed by atoms with van der Waals surface area (Å²) >= 11 is 5.18. The Kier molecular flexibility index (Phi) is 5.02. The van der Waals surface area contributed by atoms with Crippen molar-refractivity contribution in [2.45, 2.75) is 58.4 Å². The molecule has 1 heterocycles. The molecule has 1 aromatic heterocycles. The Morgan fingerprint density at radius 3 is 2.65 bits per heavy atom. The lowest BCUT2D eigenvalue weighted by molar-refractivity contribution is 0.312. The van der Waals surface area contributed by atoms with Crippen LogP contribution in [0.1, 0.15) is 56.7 Å². The fourth-order valence-electron chi connectivity index (χ4n) is 3.38. The summed E-state index contributed by atoms with van der Waals surface area (Å²) in [6.45, 7) is 4.21. The molecule has 5 heteroatoms. The molecule has 1 unspecified atom stereocenters. The third-order valence-corrected chi connectivity index (χ3v) is 4.65. The van der Waals surface area contributed by atoms with Gasteiger partial charge < -0.3 is 11.1 Å². The average Bonchev–Trinajstić information content (AvgIpc) is 2.71. The van der Waals surface area contributed by atoms with Crippen molar-refractivity contribution in [2.75, 3.05) is 5.32 Å². The fourth-order valence-corrected chi connectivity index (χ4v) is 3.63. The molecule has 0 radical (unpaired) electrons. The van der Waals surface area contributed by atoms with Gasteiger partial charge in [-0.3, -0.25) is 4.68 Å². The number of hydrogen-bond donors (Lipinski definition) is 2. The summed E-state index contributed by atoms with van der Waals surface area (Å²) in [7, 11) is 1.95. The van der Waals surface area contributed by atoms with Gasteiger partial charge in [-0.25, -0.2) is 0 Å². The second-order valence-electron chi connectivity index (χ2n) is 5.85. The highest BCUT2D eigenvalue weighted by molar-refractivity contribution is 7.80. The van der Waals surface area contributed by atoms with Crippen LogP contribution < -0.4 is 11.1 Å². The Labute approximate surface area is 127 Å². The minimum atomic E-state index is 0.427. The molecule has 0 saturated heterocycles. The van der Waals surface area contributed by atoms with E-state index in [1.54, 1.807) is 0 Å². The summed E-state index contributed by atoms with van der Waals surface area (Å²) < 4.78 is 1.87. The fraction of sp³-hybridized carbons (Fsp3) is 0.733. The number of anilines is 1. The van der Waals surface area contributed by atoms with Gasteiger partial charge in [0.25, 0.3) is 0 Å². The van der Waals surface area contributed by atoms with E-state index in [2.05, 4.69) is 17.3 Å². The molecule has 4 nitrogen and oxygen atoms in total. The first-order chi connectivity index (χ1) is 9.54. The van der Waals surface area contributed by atoms with Crippen molar-refractivity contribution in [3.8, 4) is 0 Å². The Hall–Kier alpha value is -1.10. The summed E-state index contributed by atoms with van der Waals surface area (Å²) in [5.41, 5.74) is 7.67. The highest BCUT2D eigenvalue weighted by Gasteiger charge is 2.25. The van der Waals surface area contributed by atoms with Gasteiger partial charge in [0.15, 0.2) is 0 Å². The number of hydrogen-bond acceptors (Lipinski definition) is 3. The molecule has 0 aliphatic heterocycles. The van der Waals surface area contributed by atoms with Crippen molar-refractivity contribution >= 4 is 23.0 Å². The quantitative estimate of drug-likeness (QED) is 0.819. The normalized spacial score (nSPS) is 17.9. The minimum absolute atomic E-state index is 0.427. The average molecular weight is 294 g/mol. The van der Waals surface area contributed by atoms with Crippen molar-refractivity contribution in [3.05, 3.63) is 11.3 Å². The largest absolute Gasteiger partial charge is 0.389 e. The van der Waals surface area contributed by atoms with Gasteiger partial charge in [0, 0.05) is 13.1 Å². The minimum Gasteiger partial charge on any atom is -0.389 e. The Morgan fingerprint density at radius 2 is 2.10 bits per heavy atom. The van der Waals surface area contributed by atoms with E-state index in [4.69, 9.17) is 18.0 Å². The van der Waals surface area contributed by atoms with Gasteiger partial charge in [-0.05, 0) is 32.1 Å². The van der Waals surface area contributed by atoms with E-state index in [1.807, 2.05) is 18.7 Å². The van der Waals surface area contributed by atoms with E-state index in [-0.39, 0.29) is 0 Å². The van der Waals surface area contributed by atoms with Crippen LogP contribution in [0.5, 0.6) is 0 Å². The maximum atomic E-state index is 5.86. The Morgan fingerprint density at radius 1 is 1.45 bits per heavy atom. The van der Waals surface area contributed by atoms with Gasteiger partial charge in [-0.15, -0.1) is 0 Å². The van der Waals surface area contributed by atoms with Gasteiger partial charge in [0.1, 0.15) is 10.8 Å². The van der Waals surface area contributed by atoms with Gasteiger partial charge >= 0.3 is 0 Å². The zero-order chi connectivity index (χ0) is 14.7. The number of nitrogens with zero attached hydrogens (tertiary/aromatic N) is 2. The second-order valence-corrected chi connectivity index (χ2v) is 6.29. The van der Waals surface area contributed by atoms with Crippen molar-refractivity contribution in [1.29, 1.82) is 0 Å². The first kappa shape index (κ1) is 15.3. The maximum Gasteiger partial charge on any atom is 0.134 e. The number of rotatable bonds is 5. The first-order valence-electron chi connectivity index (χ1n) is 7.64. The van der Waals surface area contributed by atoms with Crippen LogP contribution in [0.4, 0.5) is 5.82 Å². The molecule has 0 aromatic carbocycles. The summed E-state index contributed by atoms with van der Waals surface area (Å²) in [4.78, 5) is 0.427. The molecule has 0 spiro atoms. The predicted octanol–water partition coefficient (Wildman–Crippen LogP) is 3.13. The number of nitrogens with two attached hydrogens (primary N) is 1. The summed E-state index contributed by atoms with van der Waals surface area (Å²) in [5.74, 6) is 1.73. The van der Waals surface area contributed by atoms with Crippen LogP contribution in [0, 0.1) is 12.8 Å². The number of aromatic nitrogens is 2. The van der Waals surface area contributed by atoms with Crippen LogP contribution in [0.25, 0.3) is 0 Å². The van der Waals surface area contributed by atoms with E-state index >= 15 is 0 Å². The maximum absolute atomic E-state index is 5.86. The van der Waals surface area contributed by atoms with Crippen LogP contribution in [0.15, 0.2) is 0 Å². The van der Waals surface area contributed by atoms with E-state index in [0.717, 1.165) is 29.4 Å². The van der Waals surface area contributed by atoms with Gasteiger partial charge in [0.2, 0.25) is 0 Å². The van der Waals surface area contributed by atoms with E-state index in [1.165, 1.54) is 32.1 Å². The monoisotopic (exact) mass is 294 g/mol. The van der Waals surface area contributed by atoms with E-state index < -0.39 is 0 Å². The third kappa shape index (κ3) is 3.14. The number of nitrogens with one attached hydrogen (secondary N) is 1. The zero-order valence-corrected chi connectivity index (χ0v) is 13.6. The van der Waals surface area contributed by atoms with Crippen LogP contribution in [-0.4, -0.2) is 20.8 Å². The summed E-state index contributed by atoms with van der Waals surface area (Å²) in [6, 6.07) is 0.484. The van der Waals surface area contributed by atoms with Crippen molar-refractivity contribution in [3.63, 3.8) is 0 Å². The molecule has 1 aliphatic rings. The lowest BCUT2D eigenvalue weighted by Crippen LogP contribution is -2.31. The first-order valence-corrected chi connectivity index (χ1v) is 8.05. The number of thiocarbonyl (C=S) groups is 1. The molecule has 112 valence electrons. The lowest BCUT2D eigenvalue weighted by atomic mass is 9.83. The lowest BCUT2D eigenvalue weighted by Gasteiger charge is -2.31. The Balaban J connectivity index is 2.20. The van der Waals surface area contributed by atoms with E-state index in [0.29, 0.717) is 11.0 Å².